The molecule has 0 amide bonds. The number of rotatable bonds is 11. The van der Waals surface area contributed by atoms with Gasteiger partial charge in [0, 0.05) is 28.9 Å². The first kappa shape index (κ1) is 34.8. The lowest BCUT2D eigenvalue weighted by Crippen LogP contribution is -2.32. The molecule has 4 rings (SSSR count). The number of aliphatic hydroxyl groups excluding tert-OH is 1. The third-order valence-electron chi connectivity index (χ3n) is 7.96. The number of dihydropyridines is 1. The van der Waals surface area contributed by atoms with Gasteiger partial charge in [0.1, 0.15) is 18.0 Å². The highest BCUT2D eigenvalue weighted by Gasteiger charge is 2.39. The summed E-state index contributed by atoms with van der Waals surface area (Å²) in [4.78, 5) is 50.2. The van der Waals surface area contributed by atoms with E-state index < -0.39 is 48.0 Å². The molecule has 0 spiro atoms. The highest BCUT2D eigenvalue weighted by Crippen LogP contribution is 2.42. The van der Waals surface area contributed by atoms with Gasteiger partial charge < -0.3 is 24.6 Å². The first-order chi connectivity index (χ1) is 22.3. The maximum atomic E-state index is 14.0. The molecule has 47 heavy (non-hydrogen) atoms. The molecule has 0 aliphatic carbocycles. The van der Waals surface area contributed by atoms with Crippen molar-refractivity contribution in [3.63, 3.8) is 0 Å². The second-order valence-electron chi connectivity index (χ2n) is 11.4. The molecule has 1 aliphatic heterocycles. The molecule has 1 atom stereocenters. The molecular weight excluding hydrogens is 609 g/mol. The topological polar surface area (TPSA) is 146 Å². The van der Waals surface area contributed by atoms with E-state index in [0.29, 0.717) is 39.4 Å². The number of nitrogens with one attached hydrogen (secondary N) is 1. The van der Waals surface area contributed by atoms with Crippen LogP contribution in [0.3, 0.4) is 0 Å². The van der Waals surface area contributed by atoms with Crippen LogP contribution in [0.15, 0.2) is 65.0 Å². The first-order valence-electron chi connectivity index (χ1n) is 14.9. The Hall–Kier alpha value is -5.10. The van der Waals surface area contributed by atoms with Crippen LogP contribution < -0.4 is 5.32 Å². The third kappa shape index (κ3) is 7.17. The molecule has 2 aromatic heterocycles. The molecule has 11 nitrogen and oxygen atoms in total. The zero-order chi connectivity index (χ0) is 34.6. The molecule has 3 heterocycles. The summed E-state index contributed by atoms with van der Waals surface area (Å²) in [7, 11) is 3.70. The van der Waals surface area contributed by atoms with Crippen molar-refractivity contribution in [1.29, 1.82) is 0 Å². The van der Waals surface area contributed by atoms with E-state index in [1.165, 1.54) is 39.5 Å². The molecule has 0 saturated heterocycles. The van der Waals surface area contributed by atoms with Crippen LogP contribution in [0.5, 0.6) is 0 Å². The number of ketones is 1. The molecular formula is C35H38FN3O8. The molecule has 0 fully saturated rings. The van der Waals surface area contributed by atoms with Gasteiger partial charge >= 0.3 is 17.9 Å². The molecule has 12 heteroatoms. The lowest BCUT2D eigenvalue weighted by atomic mass is 9.83. The van der Waals surface area contributed by atoms with E-state index in [1.807, 2.05) is 19.9 Å². The number of allylic oxidation sites excluding steroid dienone is 2. The van der Waals surface area contributed by atoms with Crippen molar-refractivity contribution in [3.05, 3.63) is 87.7 Å². The Kier molecular flexibility index (Phi) is 10.8. The third-order valence-corrected chi connectivity index (χ3v) is 7.96. The minimum absolute atomic E-state index is 0.122. The van der Waals surface area contributed by atoms with Gasteiger partial charge in [-0.2, -0.15) is 5.10 Å². The number of carbonyl (C=O) groups is 4. The number of esters is 3. The van der Waals surface area contributed by atoms with E-state index in [2.05, 4.69) is 10.1 Å². The molecule has 1 aromatic carbocycles. The molecule has 2 N–H and O–H groups in total. The number of halogens is 1. The number of Topliss-reactive ketones (excluding diaryl/α,β-unsaturated/α-hetero) is 1. The maximum absolute atomic E-state index is 14.0. The Labute approximate surface area is 271 Å². The van der Waals surface area contributed by atoms with Crippen LogP contribution in [-0.4, -0.2) is 65.8 Å². The number of benzene rings is 1. The fourth-order valence-electron chi connectivity index (χ4n) is 5.86. The summed E-state index contributed by atoms with van der Waals surface area (Å²) in [6.07, 6.45) is 1.12. The van der Waals surface area contributed by atoms with Crippen LogP contribution in [0.1, 0.15) is 69.2 Å². The van der Waals surface area contributed by atoms with E-state index in [1.54, 1.807) is 42.6 Å². The lowest BCUT2D eigenvalue weighted by molar-refractivity contribution is -0.144. The molecule has 3 aromatic rings. The van der Waals surface area contributed by atoms with E-state index in [0.717, 1.165) is 5.56 Å². The minimum atomic E-state index is -1.21. The maximum Gasteiger partial charge on any atom is 0.336 e. The first-order valence-corrected chi connectivity index (χ1v) is 14.9. The number of carbonyl (C=O) groups excluding carboxylic acids is 4. The van der Waals surface area contributed by atoms with Crippen molar-refractivity contribution in [2.45, 2.75) is 58.5 Å². The van der Waals surface area contributed by atoms with Crippen molar-refractivity contribution in [2.75, 3.05) is 21.3 Å². The van der Waals surface area contributed by atoms with Gasteiger partial charge in [-0.3, -0.25) is 9.59 Å². The standard InChI is InChI=1S/C35H38FN3O8/c1-18(2)29-25(13-12-23(40)16-24(41)17-28(42)45-5)33(21-8-10-22(36)11-9-21)38-39-26(29)14-15-27(39)32-30(34(43)46-6)19(3)37-20(4)31(32)35(44)47-7/h8-15,18,23,32,37,40H,16-17H2,1-7H3/b13-12+. The number of aliphatic hydroxyl groups is 1. The predicted octanol–water partition coefficient (Wildman–Crippen LogP) is 4.74. The Balaban J connectivity index is 2.00. The monoisotopic (exact) mass is 647 g/mol. The largest absolute Gasteiger partial charge is 0.469 e. The van der Waals surface area contributed by atoms with Crippen LogP contribution in [0, 0.1) is 5.82 Å². The number of hydrogen-bond donors (Lipinski definition) is 2. The van der Waals surface area contributed by atoms with E-state index in [4.69, 9.17) is 14.6 Å². The Morgan fingerprint density at radius 1 is 0.957 bits per heavy atom. The Bertz CT molecular complexity index is 1780. The molecule has 248 valence electrons. The summed E-state index contributed by atoms with van der Waals surface area (Å²) in [6.45, 7) is 7.38. The second-order valence-corrected chi connectivity index (χ2v) is 11.4. The number of nitrogens with zero attached hydrogens (tertiary/aromatic N) is 2. The zero-order valence-electron chi connectivity index (χ0n) is 27.3. The van der Waals surface area contributed by atoms with Crippen molar-refractivity contribution < 1.29 is 42.9 Å². The zero-order valence-corrected chi connectivity index (χ0v) is 27.3. The lowest BCUT2D eigenvalue weighted by Gasteiger charge is -2.30. The Morgan fingerprint density at radius 3 is 2.09 bits per heavy atom. The van der Waals surface area contributed by atoms with Gasteiger partial charge in [-0.1, -0.05) is 26.0 Å². The van der Waals surface area contributed by atoms with Crippen molar-refractivity contribution in [1.82, 2.24) is 14.9 Å². The van der Waals surface area contributed by atoms with Gasteiger partial charge in [0.05, 0.1) is 61.4 Å². The SMILES string of the molecule is COC(=O)CC(=O)CC(O)/C=C/c1c(-c2ccc(F)cc2)nn2c(C3C(C(=O)OC)=C(C)NC(C)=C3C(=O)OC)ccc2c1C(C)C. The number of hydrogen-bond acceptors (Lipinski definition) is 10. The summed E-state index contributed by atoms with van der Waals surface area (Å²) in [6, 6.07) is 9.35. The second kappa shape index (κ2) is 14.5. The summed E-state index contributed by atoms with van der Waals surface area (Å²) >= 11 is 0. The average Bonchev–Trinajstić information content (AvgIpc) is 3.45. The summed E-state index contributed by atoms with van der Waals surface area (Å²) in [5, 5.41) is 18.8. The van der Waals surface area contributed by atoms with Crippen LogP contribution in [-0.2, 0) is 33.4 Å². The number of ether oxygens (including phenoxy) is 3. The van der Waals surface area contributed by atoms with Crippen LogP contribution in [0.2, 0.25) is 0 Å². The van der Waals surface area contributed by atoms with Gasteiger partial charge in [-0.05, 0) is 61.7 Å². The molecule has 0 radical (unpaired) electrons. The fourth-order valence-corrected chi connectivity index (χ4v) is 5.86. The smallest absolute Gasteiger partial charge is 0.336 e. The number of aromatic nitrogens is 2. The van der Waals surface area contributed by atoms with Gasteiger partial charge in [0.2, 0.25) is 0 Å². The predicted molar refractivity (Wildman–Crippen MR) is 171 cm³/mol. The quantitative estimate of drug-likeness (QED) is 0.170. The highest BCUT2D eigenvalue weighted by molar-refractivity contribution is 6.00. The molecule has 1 unspecified atom stereocenters. The summed E-state index contributed by atoms with van der Waals surface area (Å²) in [5.74, 6) is -3.94. The molecule has 0 saturated carbocycles. The normalized spacial score (nSPS) is 14.5. The van der Waals surface area contributed by atoms with Gasteiger partial charge in [0.25, 0.3) is 0 Å². The minimum Gasteiger partial charge on any atom is -0.469 e. The van der Waals surface area contributed by atoms with Crippen LogP contribution >= 0.6 is 0 Å². The average molecular weight is 648 g/mol. The summed E-state index contributed by atoms with van der Waals surface area (Å²) < 4.78 is 30.5. The van der Waals surface area contributed by atoms with E-state index in [-0.39, 0.29) is 23.5 Å². The highest BCUT2D eigenvalue weighted by atomic mass is 19.1. The van der Waals surface area contributed by atoms with E-state index in [9.17, 15) is 28.7 Å². The van der Waals surface area contributed by atoms with Crippen molar-refractivity contribution >= 4 is 35.3 Å². The van der Waals surface area contributed by atoms with Crippen molar-refractivity contribution in [2.24, 2.45) is 0 Å². The van der Waals surface area contributed by atoms with Gasteiger partial charge in [0.15, 0.2) is 0 Å². The van der Waals surface area contributed by atoms with Crippen molar-refractivity contribution in [3.8, 4) is 11.3 Å². The van der Waals surface area contributed by atoms with Gasteiger partial charge in [-0.25, -0.2) is 18.5 Å². The molecule has 1 aliphatic rings. The fraction of sp³-hybridized carbons (Fsp3) is 0.343. The number of fused-ring (bicyclic) bond motifs is 1. The number of methoxy groups -OCH3 is 3. The van der Waals surface area contributed by atoms with Crippen LogP contribution in [0.25, 0.3) is 22.9 Å². The van der Waals surface area contributed by atoms with Gasteiger partial charge in [-0.15, -0.1) is 0 Å². The summed E-state index contributed by atoms with van der Waals surface area (Å²) in [5.41, 5.74) is 4.91. The van der Waals surface area contributed by atoms with E-state index >= 15 is 0 Å². The Morgan fingerprint density at radius 2 is 1.55 bits per heavy atom. The molecule has 0 bridgehead atoms. The van der Waals surface area contributed by atoms with Crippen LogP contribution in [0.4, 0.5) is 4.39 Å².